The molecule has 0 saturated heterocycles. The maximum Gasteiger partial charge on any atom is 0.497 e. The van der Waals surface area contributed by atoms with Gasteiger partial charge < -0.3 is 13.3 Å². The van der Waals surface area contributed by atoms with Gasteiger partial charge in [-0.1, -0.05) is 348 Å². The van der Waals surface area contributed by atoms with E-state index >= 15 is 0 Å². The summed E-state index contributed by atoms with van der Waals surface area (Å²) in [4.78, 5) is 0. The molecule has 0 aromatic heterocycles. The Morgan fingerprint density at radius 1 is 0.169 bits per heavy atom. The second-order valence-corrected chi connectivity index (χ2v) is 24.0. The molecule has 3 nitrogen and oxygen atoms in total. The van der Waals surface area contributed by atoms with Crippen molar-refractivity contribution in [1.29, 1.82) is 0 Å². The molecular formula is C61H126O3Si. The van der Waals surface area contributed by atoms with E-state index in [1.54, 1.807) is 0 Å². The first-order valence-electron chi connectivity index (χ1n) is 31.1. The standard InChI is InChI=1S/C61H126O3Si/c1-5-8-11-14-17-20-23-26-29-32-35-38-41-44-47-50-53-56-59-62-65(4,63-60-57-54-51-48-45-42-39-36-33-30-27-24-21-18-15-12-9-6-2)64-61-58-55-52-49-46-43-40-37-34-31-28-25-22-19-16-13-10-7-3/h5-61H2,1-4H3. The highest BCUT2D eigenvalue weighted by Gasteiger charge is 2.34. The average molecular weight is 936 g/mol. The fourth-order valence-corrected chi connectivity index (χ4v) is 11.7. The van der Waals surface area contributed by atoms with E-state index in [1.807, 2.05) is 0 Å². The van der Waals surface area contributed by atoms with E-state index in [2.05, 4.69) is 27.3 Å². The molecule has 0 aliphatic carbocycles. The first-order chi connectivity index (χ1) is 32.2. The van der Waals surface area contributed by atoms with Crippen LogP contribution in [-0.2, 0) is 13.3 Å². The molecule has 0 amide bonds. The van der Waals surface area contributed by atoms with Crippen molar-refractivity contribution in [2.75, 3.05) is 19.8 Å². The summed E-state index contributed by atoms with van der Waals surface area (Å²) in [5, 5.41) is 0. The Morgan fingerprint density at radius 3 is 0.400 bits per heavy atom. The van der Waals surface area contributed by atoms with Crippen molar-refractivity contribution >= 4 is 8.80 Å². The zero-order valence-corrected chi connectivity index (χ0v) is 47.0. The smallest absolute Gasteiger partial charge is 0.374 e. The van der Waals surface area contributed by atoms with Crippen molar-refractivity contribution < 1.29 is 13.3 Å². The van der Waals surface area contributed by atoms with Gasteiger partial charge in [0, 0.05) is 26.4 Å². The highest BCUT2D eigenvalue weighted by molar-refractivity contribution is 6.59. The van der Waals surface area contributed by atoms with Gasteiger partial charge in [0.1, 0.15) is 0 Å². The molecule has 0 heterocycles. The lowest BCUT2D eigenvalue weighted by Gasteiger charge is -2.26. The monoisotopic (exact) mass is 935 g/mol. The molecule has 0 aromatic carbocycles. The van der Waals surface area contributed by atoms with Gasteiger partial charge in [-0.15, -0.1) is 0 Å². The predicted octanol–water partition coefficient (Wildman–Crippen LogP) is 22.7. The van der Waals surface area contributed by atoms with E-state index in [0.717, 1.165) is 39.1 Å². The number of hydrogen-bond acceptors (Lipinski definition) is 3. The van der Waals surface area contributed by atoms with Gasteiger partial charge in [-0.2, -0.15) is 0 Å². The fraction of sp³-hybridized carbons (Fsp3) is 1.00. The van der Waals surface area contributed by atoms with Crippen molar-refractivity contribution in [2.45, 2.75) is 374 Å². The molecule has 0 atom stereocenters. The minimum atomic E-state index is -2.59. The Kier molecular flexibility index (Phi) is 58.5. The van der Waals surface area contributed by atoms with Crippen LogP contribution in [0.5, 0.6) is 0 Å². The molecule has 0 rings (SSSR count). The van der Waals surface area contributed by atoms with Crippen molar-refractivity contribution in [2.24, 2.45) is 0 Å². The molecule has 0 N–H and O–H groups in total. The Morgan fingerprint density at radius 2 is 0.277 bits per heavy atom. The quantitative estimate of drug-likeness (QED) is 0.0449. The van der Waals surface area contributed by atoms with Crippen LogP contribution >= 0.6 is 0 Å². The van der Waals surface area contributed by atoms with Crippen LogP contribution in [-0.4, -0.2) is 28.6 Å². The van der Waals surface area contributed by atoms with Gasteiger partial charge in [0.2, 0.25) is 0 Å². The fourth-order valence-electron chi connectivity index (χ4n) is 9.91. The zero-order chi connectivity index (χ0) is 46.9. The van der Waals surface area contributed by atoms with E-state index in [9.17, 15) is 0 Å². The normalized spacial score (nSPS) is 12.0. The molecule has 4 heteroatoms. The van der Waals surface area contributed by atoms with Gasteiger partial charge in [-0.05, 0) is 19.3 Å². The van der Waals surface area contributed by atoms with E-state index in [0.29, 0.717) is 0 Å². The Labute approximate surface area is 414 Å². The summed E-state index contributed by atoms with van der Waals surface area (Å²) < 4.78 is 19.6. The van der Waals surface area contributed by atoms with Crippen molar-refractivity contribution in [3.8, 4) is 0 Å². The Hall–Kier alpha value is 0.0969. The number of hydrogen-bond donors (Lipinski definition) is 0. The molecule has 0 fully saturated rings. The maximum absolute atomic E-state index is 6.53. The Bertz CT molecular complexity index is 718. The van der Waals surface area contributed by atoms with E-state index < -0.39 is 8.80 Å². The SMILES string of the molecule is CCCCCCCCCCCCCCCCCCCCO[Si](C)(OCCCCCCCCCCCCCCCCCCCC)OCCCCCCCCCCCCCCCCCCCC. The van der Waals surface area contributed by atoms with Crippen LogP contribution in [0.4, 0.5) is 0 Å². The summed E-state index contributed by atoms with van der Waals surface area (Å²) in [5.41, 5.74) is 0. The van der Waals surface area contributed by atoms with Crippen LogP contribution in [0, 0.1) is 0 Å². The molecule has 392 valence electrons. The molecule has 0 aliphatic rings. The lowest BCUT2D eigenvalue weighted by molar-refractivity contribution is 0.0616. The predicted molar refractivity (Wildman–Crippen MR) is 296 cm³/mol. The summed E-state index contributed by atoms with van der Waals surface area (Å²) in [5.74, 6) is 0. The topological polar surface area (TPSA) is 27.7 Å². The molecule has 0 spiro atoms. The molecule has 0 saturated carbocycles. The summed E-state index contributed by atoms with van der Waals surface area (Å²) >= 11 is 0. The minimum Gasteiger partial charge on any atom is -0.374 e. The van der Waals surface area contributed by atoms with Crippen molar-refractivity contribution in [3.63, 3.8) is 0 Å². The molecule has 0 aromatic rings. The zero-order valence-electron chi connectivity index (χ0n) is 46.0. The third-order valence-corrected chi connectivity index (χ3v) is 16.8. The highest BCUT2D eigenvalue weighted by Crippen LogP contribution is 2.20. The summed E-state index contributed by atoms with van der Waals surface area (Å²) in [6.07, 6.45) is 76.2. The first kappa shape index (κ1) is 65.1. The van der Waals surface area contributed by atoms with E-state index in [4.69, 9.17) is 13.3 Å². The molecule has 65 heavy (non-hydrogen) atoms. The van der Waals surface area contributed by atoms with Crippen LogP contribution in [0.25, 0.3) is 0 Å². The molecule has 0 aliphatic heterocycles. The van der Waals surface area contributed by atoms with Gasteiger partial charge in [0.25, 0.3) is 0 Å². The van der Waals surface area contributed by atoms with Crippen molar-refractivity contribution in [1.82, 2.24) is 0 Å². The average Bonchev–Trinajstić information content (AvgIpc) is 3.31. The maximum atomic E-state index is 6.53. The van der Waals surface area contributed by atoms with Crippen LogP contribution in [0.2, 0.25) is 6.55 Å². The van der Waals surface area contributed by atoms with Crippen molar-refractivity contribution in [3.05, 3.63) is 0 Å². The molecule has 0 bridgehead atoms. The summed E-state index contributed by atoms with van der Waals surface area (Å²) in [6, 6.07) is 0. The first-order valence-corrected chi connectivity index (χ1v) is 33.3. The molecule has 0 unspecified atom stereocenters. The van der Waals surface area contributed by atoms with Gasteiger partial charge in [-0.25, -0.2) is 0 Å². The van der Waals surface area contributed by atoms with Crippen LogP contribution in [0.1, 0.15) is 367 Å². The minimum absolute atomic E-state index is 0.805. The van der Waals surface area contributed by atoms with E-state index in [-0.39, 0.29) is 0 Å². The second kappa shape index (κ2) is 58.4. The largest absolute Gasteiger partial charge is 0.497 e. The Balaban J connectivity index is 4.08. The van der Waals surface area contributed by atoms with Crippen LogP contribution in [0.15, 0.2) is 0 Å². The number of rotatable bonds is 60. The third-order valence-electron chi connectivity index (χ3n) is 14.6. The summed E-state index contributed by atoms with van der Waals surface area (Å²) in [6.45, 7) is 11.5. The van der Waals surface area contributed by atoms with Crippen LogP contribution < -0.4 is 0 Å². The molecule has 0 radical (unpaired) electrons. The number of unbranched alkanes of at least 4 members (excludes halogenated alkanes) is 51. The van der Waals surface area contributed by atoms with Gasteiger partial charge in [-0.3, -0.25) is 0 Å². The highest BCUT2D eigenvalue weighted by atomic mass is 28.4. The third kappa shape index (κ3) is 56.6. The van der Waals surface area contributed by atoms with E-state index in [1.165, 1.54) is 327 Å². The lowest BCUT2D eigenvalue weighted by Crippen LogP contribution is -2.43. The second-order valence-electron chi connectivity index (χ2n) is 21.4. The van der Waals surface area contributed by atoms with Crippen LogP contribution in [0.3, 0.4) is 0 Å². The lowest BCUT2D eigenvalue weighted by atomic mass is 10.0. The summed E-state index contributed by atoms with van der Waals surface area (Å²) in [7, 11) is -2.59. The molecular weight excluding hydrogens is 809 g/mol. The van der Waals surface area contributed by atoms with Gasteiger partial charge >= 0.3 is 8.80 Å². The van der Waals surface area contributed by atoms with Gasteiger partial charge in [0.15, 0.2) is 0 Å². The van der Waals surface area contributed by atoms with Gasteiger partial charge in [0.05, 0.1) is 0 Å².